The van der Waals surface area contributed by atoms with Gasteiger partial charge in [-0.05, 0) is 30.3 Å². The number of pyridine rings is 1. The molecule has 3 aromatic rings. The number of halogens is 3. The van der Waals surface area contributed by atoms with Crippen molar-refractivity contribution >= 4 is 0 Å². The molecule has 0 bridgehead atoms. The number of benzene rings is 1. The van der Waals surface area contributed by atoms with Gasteiger partial charge in [-0.15, -0.1) is 13.2 Å². The first-order valence-electron chi connectivity index (χ1n) is 7.23. The number of alkyl halides is 3. The van der Waals surface area contributed by atoms with Crippen LogP contribution >= 0.6 is 0 Å². The van der Waals surface area contributed by atoms with Crippen LogP contribution in [-0.4, -0.2) is 33.7 Å². The Morgan fingerprint density at radius 3 is 2.65 bits per heavy atom. The maximum Gasteiger partial charge on any atom is 0.573 e. The molecule has 0 fully saturated rings. The molecule has 1 atom stereocenters. The minimum absolute atomic E-state index is 0.0295. The van der Waals surface area contributed by atoms with E-state index in [-0.39, 0.29) is 22.8 Å². The highest BCUT2D eigenvalue weighted by molar-refractivity contribution is 5.60. The van der Waals surface area contributed by atoms with Crippen molar-refractivity contribution in [2.45, 2.75) is 12.7 Å². The van der Waals surface area contributed by atoms with Crippen LogP contribution < -0.4 is 4.74 Å². The monoisotopic (exact) mass is 367 g/mol. The van der Waals surface area contributed by atoms with Crippen LogP contribution in [0.3, 0.4) is 0 Å². The van der Waals surface area contributed by atoms with E-state index in [0.717, 1.165) is 12.1 Å². The number of nitrogens with zero attached hydrogens (tertiary/aromatic N) is 3. The average molecular weight is 367 g/mol. The van der Waals surface area contributed by atoms with E-state index in [0.29, 0.717) is 5.69 Å². The molecule has 0 amide bonds. The summed E-state index contributed by atoms with van der Waals surface area (Å²) in [5, 5.41) is 13.5. The Morgan fingerprint density at radius 1 is 1.19 bits per heavy atom. The second-order valence-corrected chi connectivity index (χ2v) is 5.06. The molecule has 0 saturated carbocycles. The first-order valence-corrected chi connectivity index (χ1v) is 7.23. The summed E-state index contributed by atoms with van der Waals surface area (Å²) in [4.78, 5) is 8.18. The quantitative estimate of drug-likeness (QED) is 0.692. The highest BCUT2D eigenvalue weighted by Gasteiger charge is 2.32. The van der Waals surface area contributed by atoms with Crippen molar-refractivity contribution in [3.8, 4) is 28.7 Å². The van der Waals surface area contributed by atoms with Gasteiger partial charge in [-0.1, -0.05) is 11.2 Å². The standard InChI is InChI=1S/C16H12F3N3O4/c1-24-15(23)10-6-9(7-11(8-10)25-16(17,18)19)14-21-13(22-26-14)12-4-2-3-5-20-12/h2-8,15,23H,1H3. The van der Waals surface area contributed by atoms with Crippen molar-refractivity contribution in [1.82, 2.24) is 15.1 Å². The van der Waals surface area contributed by atoms with Crippen LogP contribution in [-0.2, 0) is 4.74 Å². The highest BCUT2D eigenvalue weighted by Crippen LogP contribution is 2.32. The summed E-state index contributed by atoms with van der Waals surface area (Å²) in [6, 6.07) is 8.51. The maximum absolute atomic E-state index is 12.5. The first-order chi connectivity index (χ1) is 12.4. The molecular formula is C16H12F3N3O4. The summed E-state index contributed by atoms with van der Waals surface area (Å²) in [7, 11) is 1.20. The van der Waals surface area contributed by atoms with Gasteiger partial charge in [0.2, 0.25) is 5.82 Å². The molecule has 1 N–H and O–H groups in total. The SMILES string of the molecule is COC(O)c1cc(OC(F)(F)F)cc(-c2nc(-c3ccccn3)no2)c1. The Kier molecular flexibility index (Phi) is 4.87. The largest absolute Gasteiger partial charge is 0.573 e. The zero-order chi connectivity index (χ0) is 18.7. The molecule has 0 aliphatic rings. The number of methoxy groups -OCH3 is 1. The Morgan fingerprint density at radius 2 is 2.00 bits per heavy atom. The van der Waals surface area contributed by atoms with Crippen LogP contribution in [0.1, 0.15) is 11.9 Å². The molecule has 0 saturated heterocycles. The number of aliphatic hydroxyl groups is 1. The summed E-state index contributed by atoms with van der Waals surface area (Å²) < 4.78 is 51.4. The fourth-order valence-electron chi connectivity index (χ4n) is 2.16. The lowest BCUT2D eigenvalue weighted by atomic mass is 10.1. The van der Waals surface area contributed by atoms with Gasteiger partial charge in [0.15, 0.2) is 6.29 Å². The molecule has 1 unspecified atom stereocenters. The zero-order valence-corrected chi connectivity index (χ0v) is 13.3. The van der Waals surface area contributed by atoms with Crippen molar-refractivity contribution in [3.63, 3.8) is 0 Å². The van der Waals surface area contributed by atoms with E-state index in [1.165, 1.54) is 19.4 Å². The van der Waals surface area contributed by atoms with Crippen LogP contribution in [0.5, 0.6) is 5.75 Å². The number of hydrogen-bond acceptors (Lipinski definition) is 7. The van der Waals surface area contributed by atoms with Crippen molar-refractivity contribution in [3.05, 3.63) is 48.2 Å². The molecular weight excluding hydrogens is 355 g/mol. The number of aromatic nitrogens is 3. The van der Waals surface area contributed by atoms with E-state index in [4.69, 9.17) is 9.26 Å². The summed E-state index contributed by atoms with van der Waals surface area (Å²) in [5.74, 6) is -0.460. The minimum atomic E-state index is -4.90. The van der Waals surface area contributed by atoms with Crippen LogP contribution in [0.2, 0.25) is 0 Å². The Balaban J connectivity index is 2.01. The zero-order valence-electron chi connectivity index (χ0n) is 13.3. The van der Waals surface area contributed by atoms with Gasteiger partial charge in [0.25, 0.3) is 5.89 Å². The number of hydrogen-bond donors (Lipinski definition) is 1. The van der Waals surface area contributed by atoms with Crippen molar-refractivity contribution in [1.29, 1.82) is 0 Å². The van der Waals surface area contributed by atoms with E-state index >= 15 is 0 Å². The van der Waals surface area contributed by atoms with E-state index in [2.05, 4.69) is 19.9 Å². The second kappa shape index (κ2) is 7.10. The average Bonchev–Trinajstić information content (AvgIpc) is 3.10. The lowest BCUT2D eigenvalue weighted by Crippen LogP contribution is -2.17. The molecule has 1 aromatic carbocycles. The van der Waals surface area contributed by atoms with Gasteiger partial charge in [0.05, 0.1) is 0 Å². The van der Waals surface area contributed by atoms with Gasteiger partial charge in [-0.3, -0.25) is 4.98 Å². The Labute approximate surface area is 145 Å². The van der Waals surface area contributed by atoms with Crippen molar-refractivity contribution < 1.29 is 32.3 Å². The summed E-state index contributed by atoms with van der Waals surface area (Å²) in [5.41, 5.74) is 0.580. The first kappa shape index (κ1) is 17.8. The number of ether oxygens (including phenoxy) is 2. The lowest BCUT2D eigenvalue weighted by Gasteiger charge is -2.14. The fraction of sp³-hybridized carbons (Fsp3) is 0.188. The molecule has 3 rings (SSSR count). The van der Waals surface area contributed by atoms with E-state index in [1.807, 2.05) is 0 Å². The third-order valence-corrected chi connectivity index (χ3v) is 3.24. The van der Waals surface area contributed by atoms with Gasteiger partial charge < -0.3 is 19.1 Å². The van der Waals surface area contributed by atoms with Crippen LogP contribution in [0.15, 0.2) is 47.1 Å². The van der Waals surface area contributed by atoms with E-state index in [1.54, 1.807) is 18.2 Å². The summed E-state index contributed by atoms with van der Waals surface area (Å²) in [6.45, 7) is 0. The Bertz CT molecular complexity index is 884. The molecule has 2 aromatic heterocycles. The summed E-state index contributed by atoms with van der Waals surface area (Å²) in [6.07, 6.45) is -4.82. The van der Waals surface area contributed by atoms with Gasteiger partial charge >= 0.3 is 6.36 Å². The molecule has 10 heteroatoms. The molecule has 0 spiro atoms. The van der Waals surface area contributed by atoms with Gasteiger partial charge in [-0.25, -0.2) is 0 Å². The molecule has 2 heterocycles. The molecule has 0 radical (unpaired) electrons. The van der Waals surface area contributed by atoms with Crippen LogP contribution in [0.25, 0.3) is 23.0 Å². The second-order valence-electron chi connectivity index (χ2n) is 5.06. The third kappa shape index (κ3) is 4.16. The molecule has 7 nitrogen and oxygen atoms in total. The lowest BCUT2D eigenvalue weighted by molar-refractivity contribution is -0.274. The van der Waals surface area contributed by atoms with Crippen LogP contribution in [0.4, 0.5) is 13.2 Å². The fourth-order valence-corrected chi connectivity index (χ4v) is 2.16. The highest BCUT2D eigenvalue weighted by atomic mass is 19.4. The van der Waals surface area contributed by atoms with Gasteiger partial charge in [-0.2, -0.15) is 4.98 Å². The van der Waals surface area contributed by atoms with E-state index in [9.17, 15) is 18.3 Å². The van der Waals surface area contributed by atoms with E-state index < -0.39 is 18.4 Å². The smallest absolute Gasteiger partial charge is 0.406 e. The van der Waals surface area contributed by atoms with Crippen LogP contribution in [0, 0.1) is 0 Å². The van der Waals surface area contributed by atoms with Crippen molar-refractivity contribution in [2.75, 3.05) is 7.11 Å². The Hall–Kier alpha value is -2.98. The molecule has 26 heavy (non-hydrogen) atoms. The number of aliphatic hydroxyl groups excluding tert-OH is 1. The number of rotatable bonds is 5. The molecule has 136 valence electrons. The predicted octanol–water partition coefficient (Wildman–Crippen LogP) is 3.33. The molecule has 0 aliphatic heterocycles. The third-order valence-electron chi connectivity index (χ3n) is 3.24. The predicted molar refractivity (Wildman–Crippen MR) is 81.6 cm³/mol. The van der Waals surface area contributed by atoms with Gasteiger partial charge in [0.1, 0.15) is 11.4 Å². The summed E-state index contributed by atoms with van der Waals surface area (Å²) >= 11 is 0. The van der Waals surface area contributed by atoms with Gasteiger partial charge in [0, 0.05) is 24.4 Å². The topological polar surface area (TPSA) is 90.5 Å². The normalized spacial score (nSPS) is 12.8. The minimum Gasteiger partial charge on any atom is -0.406 e. The maximum atomic E-state index is 12.5. The molecule has 0 aliphatic carbocycles. The van der Waals surface area contributed by atoms with Crippen molar-refractivity contribution in [2.24, 2.45) is 0 Å².